The van der Waals surface area contributed by atoms with E-state index in [1.165, 1.54) is 0 Å². The molecule has 1 heterocycles. The van der Waals surface area contributed by atoms with Gasteiger partial charge in [-0.1, -0.05) is 29.3 Å². The minimum absolute atomic E-state index is 1.06. The number of hydrogen-bond donors (Lipinski definition) is 4. The van der Waals surface area contributed by atoms with Crippen LogP contribution in [-0.4, -0.2) is 23.4 Å². The average Bonchev–Trinajstić information content (AvgIpc) is 2.28. The van der Waals surface area contributed by atoms with Crippen LogP contribution in [0.4, 0.5) is 0 Å². The quantitative estimate of drug-likeness (QED) is 0.371. The number of alkyl halides is 2. The molecule has 19 heavy (non-hydrogen) atoms. The molecule has 0 aliphatic heterocycles. The van der Waals surface area contributed by atoms with E-state index in [4.69, 9.17) is 42.8 Å². The first-order chi connectivity index (χ1) is 8.43. The summed E-state index contributed by atoms with van der Waals surface area (Å²) in [5, 5.41) is 0. The Labute approximate surface area is 120 Å². The third-order valence-electron chi connectivity index (χ3n) is 1.84. The van der Waals surface area contributed by atoms with Gasteiger partial charge in [0.2, 0.25) is 0 Å². The normalized spacial score (nSPS) is 12.6. The summed E-state index contributed by atoms with van der Waals surface area (Å²) in [5.41, 5.74) is 0. The van der Waals surface area contributed by atoms with Crippen LogP contribution in [0, 0.1) is 0 Å². The van der Waals surface area contributed by atoms with Gasteiger partial charge in [0, 0.05) is 12.1 Å². The molecule has 0 spiro atoms. The maximum absolute atomic E-state index is 10.2. The van der Waals surface area contributed by atoms with E-state index >= 15 is 0 Å². The lowest BCUT2D eigenvalue weighted by Crippen LogP contribution is -2.30. The molecule has 1 rings (SSSR count). The van der Waals surface area contributed by atoms with Gasteiger partial charge in [0.15, 0.2) is 12.4 Å². The van der Waals surface area contributed by atoms with Gasteiger partial charge in [-0.25, -0.2) is 4.57 Å². The van der Waals surface area contributed by atoms with Gasteiger partial charge >= 0.3 is 19.0 Å². The lowest BCUT2D eigenvalue weighted by Gasteiger charge is -2.20. The van der Waals surface area contributed by atoms with E-state index in [0.717, 1.165) is 6.54 Å². The van der Waals surface area contributed by atoms with Crippen LogP contribution in [0.15, 0.2) is 30.6 Å². The van der Waals surface area contributed by atoms with Crippen LogP contribution in [0.25, 0.3) is 0 Å². The van der Waals surface area contributed by atoms with E-state index in [2.05, 4.69) is 23.9 Å². The number of hydrogen-bond acceptors (Lipinski definition) is 2. The Morgan fingerprint density at radius 3 is 1.53 bits per heavy atom. The molecule has 0 radical (unpaired) electrons. The highest BCUT2D eigenvalue weighted by Crippen LogP contribution is 2.73. The molecule has 0 unspecified atom stereocenters. The van der Waals surface area contributed by atoms with Gasteiger partial charge in [-0.15, -0.1) is 0 Å². The van der Waals surface area contributed by atoms with Gasteiger partial charge in [-0.05, 0) is 6.92 Å². The molecule has 0 saturated carbocycles. The van der Waals surface area contributed by atoms with Crippen molar-refractivity contribution >= 4 is 38.4 Å². The van der Waals surface area contributed by atoms with Crippen molar-refractivity contribution in [2.24, 2.45) is 0 Å². The van der Waals surface area contributed by atoms with Crippen molar-refractivity contribution in [3.8, 4) is 0 Å². The summed E-state index contributed by atoms with van der Waals surface area (Å²) in [6.07, 6.45) is 4.11. The van der Waals surface area contributed by atoms with Crippen molar-refractivity contribution in [2.45, 2.75) is 17.3 Å². The number of pyridine rings is 1. The minimum atomic E-state index is -5.22. The van der Waals surface area contributed by atoms with Gasteiger partial charge in [0.05, 0.1) is 0 Å². The molecule has 7 nitrogen and oxygen atoms in total. The molecule has 4 N–H and O–H groups in total. The minimum Gasteiger partial charge on any atom is -0.322 e. The third-order valence-corrected chi connectivity index (χ3v) is 7.45. The standard InChI is InChI=1S/C7H10N.CH4Cl2O6P2/c1-2-8-6-4-3-5-7-8;2-1(3,10(4,5)6)11(7,8)9/h3-7H,2H2,1H3;(H2,4,5,6)(H2,7,8,9)/q+1;. The van der Waals surface area contributed by atoms with Crippen LogP contribution in [0.5, 0.6) is 0 Å². The predicted octanol–water partition coefficient (Wildman–Crippen LogP) is 1.42. The maximum Gasteiger partial charge on any atom is 0.373 e. The summed E-state index contributed by atoms with van der Waals surface area (Å²) in [4.78, 5) is 32.9. The molecule has 0 aliphatic rings. The second-order valence-electron chi connectivity index (χ2n) is 3.30. The second-order valence-corrected chi connectivity index (χ2v) is 9.56. The summed E-state index contributed by atoms with van der Waals surface area (Å²) < 4.78 is 19.3. The van der Waals surface area contributed by atoms with Gasteiger partial charge < -0.3 is 19.6 Å². The molecule has 0 aliphatic carbocycles. The highest BCUT2D eigenvalue weighted by atomic mass is 35.5. The van der Waals surface area contributed by atoms with Crippen LogP contribution in [0.3, 0.4) is 0 Å². The molecule has 11 heteroatoms. The zero-order chi connectivity index (χ0) is 15.3. The average molecular weight is 353 g/mol. The molecule has 0 amide bonds. The zero-order valence-corrected chi connectivity index (χ0v) is 13.1. The largest absolute Gasteiger partial charge is 0.373 e. The van der Waals surface area contributed by atoms with Gasteiger partial charge in [0.1, 0.15) is 6.54 Å². The number of aryl methyl sites for hydroxylation is 1. The summed E-state index contributed by atoms with van der Waals surface area (Å²) in [6.45, 7) is 3.18. The summed E-state index contributed by atoms with van der Waals surface area (Å²) >= 11 is 9.46. The first kappa shape index (κ1) is 19.0. The molecule has 0 atom stereocenters. The molecule has 110 valence electrons. The molecule has 0 aromatic carbocycles. The number of halogens is 2. The van der Waals surface area contributed by atoms with Crippen LogP contribution in [-0.2, 0) is 15.7 Å². The van der Waals surface area contributed by atoms with Crippen LogP contribution in [0.1, 0.15) is 6.92 Å². The summed E-state index contributed by atoms with van der Waals surface area (Å²) in [7, 11) is -10.4. The zero-order valence-electron chi connectivity index (χ0n) is 9.80. The van der Waals surface area contributed by atoms with Crippen molar-refractivity contribution in [2.75, 3.05) is 0 Å². The van der Waals surface area contributed by atoms with E-state index < -0.39 is 19.0 Å². The first-order valence-electron chi connectivity index (χ1n) is 4.86. The van der Waals surface area contributed by atoms with E-state index in [-0.39, 0.29) is 0 Å². The second kappa shape index (κ2) is 7.16. The Kier molecular flexibility index (Phi) is 7.17. The van der Waals surface area contributed by atoms with Crippen molar-refractivity contribution in [3.05, 3.63) is 30.6 Å². The summed E-state index contributed by atoms with van der Waals surface area (Å²) in [6, 6.07) is 6.08. The van der Waals surface area contributed by atoms with E-state index in [9.17, 15) is 9.13 Å². The fraction of sp³-hybridized carbons (Fsp3) is 0.375. The van der Waals surface area contributed by atoms with Gasteiger partial charge in [0.25, 0.3) is 0 Å². The first-order valence-corrected chi connectivity index (χ1v) is 8.84. The van der Waals surface area contributed by atoms with E-state index in [1.807, 2.05) is 18.2 Å². The topological polar surface area (TPSA) is 119 Å². The predicted molar refractivity (Wildman–Crippen MR) is 70.8 cm³/mol. The Bertz CT molecular complexity index is 461. The Hall–Kier alpha value is 0.0300. The molecule has 1 aromatic heterocycles. The lowest BCUT2D eigenvalue weighted by molar-refractivity contribution is -0.693. The van der Waals surface area contributed by atoms with Crippen LogP contribution in [0.2, 0.25) is 0 Å². The molecule has 1 aromatic rings. The van der Waals surface area contributed by atoms with Crippen LogP contribution >= 0.6 is 38.4 Å². The van der Waals surface area contributed by atoms with Crippen molar-refractivity contribution in [1.82, 2.24) is 0 Å². The SMILES string of the molecule is CC[n+]1ccccc1.O=P(O)(O)C(Cl)(Cl)P(=O)(O)O. The highest BCUT2D eigenvalue weighted by Gasteiger charge is 2.58. The van der Waals surface area contributed by atoms with Crippen LogP contribution < -0.4 is 4.57 Å². The van der Waals surface area contributed by atoms with Crippen molar-refractivity contribution in [3.63, 3.8) is 0 Å². The maximum atomic E-state index is 10.2. The van der Waals surface area contributed by atoms with E-state index in [1.54, 1.807) is 0 Å². The number of aromatic nitrogens is 1. The number of rotatable bonds is 3. The van der Waals surface area contributed by atoms with Crippen molar-refractivity contribution in [1.29, 1.82) is 0 Å². The molecular formula is C8H14Cl2NO6P2+. The fourth-order valence-electron chi connectivity index (χ4n) is 0.815. The molecule has 0 saturated heterocycles. The smallest absolute Gasteiger partial charge is 0.322 e. The molecular weight excluding hydrogens is 339 g/mol. The van der Waals surface area contributed by atoms with E-state index in [0.29, 0.717) is 0 Å². The van der Waals surface area contributed by atoms with Gasteiger partial charge in [-0.2, -0.15) is 0 Å². The third kappa shape index (κ3) is 5.90. The monoisotopic (exact) mass is 352 g/mol. The Balaban J connectivity index is 0.000000356. The molecule has 0 bridgehead atoms. The highest BCUT2D eigenvalue weighted by molar-refractivity contribution is 7.78. The van der Waals surface area contributed by atoms with Gasteiger partial charge in [-0.3, -0.25) is 9.13 Å². The fourth-order valence-corrected chi connectivity index (χ4v) is 2.17. The van der Waals surface area contributed by atoms with Crippen molar-refractivity contribution < 1.29 is 33.3 Å². The Morgan fingerprint density at radius 1 is 1.00 bits per heavy atom. The number of nitrogens with zero attached hydrogens (tertiary/aromatic N) is 1. The summed E-state index contributed by atoms with van der Waals surface area (Å²) in [5.74, 6) is 0. The lowest BCUT2D eigenvalue weighted by atomic mass is 10.5. The molecule has 0 fully saturated rings. The Morgan fingerprint density at radius 2 is 1.37 bits per heavy atom.